The summed E-state index contributed by atoms with van der Waals surface area (Å²) in [4.78, 5) is 29.7. The molecule has 0 bridgehead atoms. The van der Waals surface area contributed by atoms with E-state index >= 15 is 0 Å². The molecule has 0 aliphatic heterocycles. The number of nitrogens with zero attached hydrogens (tertiary/aromatic N) is 1. The summed E-state index contributed by atoms with van der Waals surface area (Å²) in [5.74, 6) is -1.49. The Morgan fingerprint density at radius 1 is 0.897 bits per heavy atom. The number of carbonyl (C=O) groups is 2. The first-order chi connectivity index (χ1) is 14.0. The van der Waals surface area contributed by atoms with Crippen LogP contribution in [0.25, 0.3) is 21.8 Å². The largest absolute Gasteiger partial charge is 0.480 e. The number of carbonyl (C=O) groups excluding carboxylic acids is 1. The number of pyridine rings is 1. The molecule has 0 aliphatic carbocycles. The van der Waals surface area contributed by atoms with Crippen molar-refractivity contribution in [2.45, 2.75) is 12.5 Å². The van der Waals surface area contributed by atoms with E-state index in [4.69, 9.17) is 0 Å². The summed E-state index contributed by atoms with van der Waals surface area (Å²) in [5, 5.41) is 13.8. The molecule has 3 aromatic carbocycles. The number of hydrogen-bond acceptors (Lipinski definition) is 3. The molecule has 0 radical (unpaired) electrons. The van der Waals surface area contributed by atoms with Crippen LogP contribution in [0.15, 0.2) is 72.8 Å². The minimum atomic E-state index is -1.07. The van der Waals surface area contributed by atoms with Gasteiger partial charge in [-0.1, -0.05) is 48.5 Å². The summed E-state index contributed by atoms with van der Waals surface area (Å²) < 4.78 is 1.07. The second kappa shape index (κ2) is 8.16. The van der Waals surface area contributed by atoms with Gasteiger partial charge in [0.15, 0.2) is 0 Å². The number of carboxylic acid groups (broad SMARTS) is 1. The van der Waals surface area contributed by atoms with Crippen LogP contribution in [0.5, 0.6) is 0 Å². The summed E-state index contributed by atoms with van der Waals surface area (Å²) >= 11 is 2.20. The van der Waals surface area contributed by atoms with Gasteiger partial charge in [0.25, 0.3) is 5.91 Å². The molecule has 6 heteroatoms. The topological polar surface area (TPSA) is 79.3 Å². The molecule has 4 rings (SSSR count). The number of carboxylic acids is 1. The Kier molecular flexibility index (Phi) is 5.44. The number of hydrogen-bond donors (Lipinski definition) is 2. The zero-order valence-electron chi connectivity index (χ0n) is 15.3. The summed E-state index contributed by atoms with van der Waals surface area (Å²) in [7, 11) is 0. The Bertz CT molecular complexity index is 1170. The average Bonchev–Trinajstić information content (AvgIpc) is 2.72. The number of amides is 1. The fraction of sp³-hybridized carbons (Fsp3) is 0.0870. The SMILES string of the molecule is O=C(N[C@@H](Cc1ccc(I)cc1)C(=O)O)c1c2ccccc2nc2ccccc12. The van der Waals surface area contributed by atoms with Crippen molar-refractivity contribution in [1.82, 2.24) is 10.3 Å². The summed E-state index contributed by atoms with van der Waals surface area (Å²) in [5.41, 5.74) is 2.68. The summed E-state index contributed by atoms with van der Waals surface area (Å²) in [6.07, 6.45) is 0.207. The Morgan fingerprint density at radius 3 is 2.00 bits per heavy atom. The van der Waals surface area contributed by atoms with Gasteiger partial charge in [0, 0.05) is 20.8 Å². The Morgan fingerprint density at radius 2 is 1.45 bits per heavy atom. The molecular weight excluding hydrogens is 479 g/mol. The average molecular weight is 496 g/mol. The van der Waals surface area contributed by atoms with E-state index in [2.05, 4.69) is 32.9 Å². The fourth-order valence-corrected chi connectivity index (χ4v) is 3.73. The maximum Gasteiger partial charge on any atom is 0.326 e. The van der Waals surface area contributed by atoms with E-state index in [1.807, 2.05) is 72.8 Å². The number of para-hydroxylation sites is 2. The number of benzene rings is 3. The van der Waals surface area contributed by atoms with Gasteiger partial charge in [0.05, 0.1) is 16.6 Å². The van der Waals surface area contributed by atoms with Crippen molar-refractivity contribution in [2.24, 2.45) is 0 Å². The van der Waals surface area contributed by atoms with Gasteiger partial charge in [-0.05, 0) is 52.4 Å². The standard InChI is InChI=1S/C23H17IN2O3/c24-15-11-9-14(10-12-15)13-20(23(28)29)26-22(27)21-16-5-1-3-7-18(16)25-19-8-4-2-6-17(19)21/h1-12,20H,13H2,(H,26,27)(H,28,29)/t20-/m0/s1. The van der Waals surface area contributed by atoms with Crippen LogP contribution in [0.4, 0.5) is 0 Å². The quantitative estimate of drug-likeness (QED) is 0.317. The molecule has 1 atom stereocenters. The van der Waals surface area contributed by atoms with E-state index in [1.165, 1.54) is 0 Å². The fourth-order valence-electron chi connectivity index (χ4n) is 3.37. The second-order valence-electron chi connectivity index (χ2n) is 6.72. The molecule has 0 saturated carbocycles. The first-order valence-electron chi connectivity index (χ1n) is 9.08. The maximum atomic E-state index is 13.2. The molecule has 0 fully saturated rings. The molecule has 0 saturated heterocycles. The van der Waals surface area contributed by atoms with Gasteiger partial charge in [0.1, 0.15) is 6.04 Å². The highest BCUT2D eigenvalue weighted by atomic mass is 127. The first kappa shape index (κ1) is 19.3. The van der Waals surface area contributed by atoms with Crippen LogP contribution < -0.4 is 5.32 Å². The van der Waals surface area contributed by atoms with Crippen molar-refractivity contribution in [3.8, 4) is 0 Å². The Hall–Kier alpha value is -3.00. The van der Waals surface area contributed by atoms with Crippen LogP contribution in [0.2, 0.25) is 0 Å². The number of aliphatic carboxylic acids is 1. The third-order valence-corrected chi connectivity index (χ3v) is 5.49. The van der Waals surface area contributed by atoms with Crippen molar-refractivity contribution in [3.63, 3.8) is 0 Å². The maximum absolute atomic E-state index is 13.2. The van der Waals surface area contributed by atoms with Crippen LogP contribution in [0.3, 0.4) is 0 Å². The zero-order chi connectivity index (χ0) is 20.4. The summed E-state index contributed by atoms with van der Waals surface area (Å²) in [6.45, 7) is 0. The molecule has 4 aromatic rings. The minimum absolute atomic E-state index is 0.207. The van der Waals surface area contributed by atoms with E-state index in [0.717, 1.165) is 9.13 Å². The zero-order valence-corrected chi connectivity index (χ0v) is 17.5. The molecule has 5 nitrogen and oxygen atoms in total. The van der Waals surface area contributed by atoms with E-state index in [9.17, 15) is 14.7 Å². The number of halogens is 1. The van der Waals surface area contributed by atoms with E-state index in [-0.39, 0.29) is 6.42 Å². The van der Waals surface area contributed by atoms with Crippen molar-refractivity contribution < 1.29 is 14.7 Å². The van der Waals surface area contributed by atoms with Crippen LogP contribution >= 0.6 is 22.6 Å². The molecular formula is C23H17IN2O3. The van der Waals surface area contributed by atoms with E-state index in [0.29, 0.717) is 27.4 Å². The molecule has 0 spiro atoms. The minimum Gasteiger partial charge on any atom is -0.480 e. The summed E-state index contributed by atoms with van der Waals surface area (Å²) in [6, 6.07) is 21.3. The molecule has 1 amide bonds. The molecule has 1 aromatic heterocycles. The predicted octanol–water partition coefficient (Wildman–Crippen LogP) is 4.42. The Labute approximate surface area is 180 Å². The van der Waals surface area contributed by atoms with Crippen LogP contribution in [-0.2, 0) is 11.2 Å². The van der Waals surface area contributed by atoms with Crippen molar-refractivity contribution >= 4 is 56.3 Å². The van der Waals surface area contributed by atoms with E-state index < -0.39 is 17.9 Å². The highest BCUT2D eigenvalue weighted by Crippen LogP contribution is 2.26. The van der Waals surface area contributed by atoms with Crippen LogP contribution in [0, 0.1) is 3.57 Å². The number of fused-ring (bicyclic) bond motifs is 2. The van der Waals surface area contributed by atoms with Crippen molar-refractivity contribution in [2.75, 3.05) is 0 Å². The number of nitrogens with one attached hydrogen (secondary N) is 1. The molecule has 2 N–H and O–H groups in total. The van der Waals surface area contributed by atoms with Gasteiger partial charge >= 0.3 is 5.97 Å². The second-order valence-corrected chi connectivity index (χ2v) is 7.96. The van der Waals surface area contributed by atoms with Crippen LogP contribution in [0.1, 0.15) is 15.9 Å². The monoisotopic (exact) mass is 496 g/mol. The third kappa shape index (κ3) is 4.07. The lowest BCUT2D eigenvalue weighted by Gasteiger charge is -2.17. The van der Waals surface area contributed by atoms with Gasteiger partial charge in [-0.25, -0.2) is 9.78 Å². The molecule has 29 heavy (non-hydrogen) atoms. The predicted molar refractivity (Wildman–Crippen MR) is 121 cm³/mol. The number of aromatic nitrogens is 1. The van der Waals surface area contributed by atoms with Crippen molar-refractivity contribution in [3.05, 3.63) is 87.5 Å². The lowest BCUT2D eigenvalue weighted by atomic mass is 10.0. The molecule has 0 aliphatic rings. The normalized spacial score (nSPS) is 12.0. The highest BCUT2D eigenvalue weighted by Gasteiger charge is 2.24. The van der Waals surface area contributed by atoms with Crippen LogP contribution in [-0.4, -0.2) is 28.0 Å². The lowest BCUT2D eigenvalue weighted by Crippen LogP contribution is -2.42. The van der Waals surface area contributed by atoms with Gasteiger partial charge in [-0.15, -0.1) is 0 Å². The van der Waals surface area contributed by atoms with Crippen molar-refractivity contribution in [1.29, 1.82) is 0 Å². The van der Waals surface area contributed by atoms with Gasteiger partial charge in [-0.2, -0.15) is 0 Å². The molecule has 0 unspecified atom stereocenters. The first-order valence-corrected chi connectivity index (χ1v) is 10.2. The lowest BCUT2D eigenvalue weighted by molar-refractivity contribution is -0.139. The molecule has 144 valence electrons. The smallest absolute Gasteiger partial charge is 0.326 e. The van der Waals surface area contributed by atoms with E-state index in [1.54, 1.807) is 0 Å². The number of rotatable bonds is 5. The van der Waals surface area contributed by atoms with Gasteiger partial charge < -0.3 is 10.4 Å². The Balaban J connectivity index is 1.73. The third-order valence-electron chi connectivity index (χ3n) is 4.77. The molecule has 1 heterocycles. The van der Waals surface area contributed by atoms with Gasteiger partial charge in [-0.3, -0.25) is 4.79 Å². The van der Waals surface area contributed by atoms with Gasteiger partial charge in [0.2, 0.25) is 0 Å². The highest BCUT2D eigenvalue weighted by molar-refractivity contribution is 14.1.